The molecule has 1 unspecified atom stereocenters. The van der Waals surface area contributed by atoms with Crippen LogP contribution in [0.3, 0.4) is 0 Å². The van der Waals surface area contributed by atoms with E-state index in [9.17, 15) is 0 Å². The molecular formula is C17H29NO. The van der Waals surface area contributed by atoms with Gasteiger partial charge >= 0.3 is 0 Å². The summed E-state index contributed by atoms with van der Waals surface area (Å²) in [6, 6.07) is 8.66. The predicted octanol–water partition coefficient (Wildman–Crippen LogP) is 4.28. The first kappa shape index (κ1) is 16.2. The third-order valence-electron chi connectivity index (χ3n) is 3.40. The smallest absolute Gasteiger partial charge is 0.0720 e. The molecule has 2 nitrogen and oxygen atoms in total. The van der Waals surface area contributed by atoms with Crippen molar-refractivity contribution >= 4 is 0 Å². The Kier molecular flexibility index (Phi) is 8.52. The maximum atomic E-state index is 5.89. The first-order valence-electron chi connectivity index (χ1n) is 7.60. The van der Waals surface area contributed by atoms with Gasteiger partial charge in [0.15, 0.2) is 0 Å². The zero-order valence-corrected chi connectivity index (χ0v) is 12.7. The van der Waals surface area contributed by atoms with E-state index in [1.165, 1.54) is 43.2 Å². The van der Waals surface area contributed by atoms with Crippen LogP contribution in [0, 0.1) is 0 Å². The third-order valence-corrected chi connectivity index (χ3v) is 3.40. The maximum Gasteiger partial charge on any atom is 0.0720 e. The SMILES string of the molecule is CCCCCCC(C)OCc1ccc(CNC)cc1. The van der Waals surface area contributed by atoms with Gasteiger partial charge < -0.3 is 10.1 Å². The molecule has 0 aromatic heterocycles. The molecule has 0 saturated carbocycles. The highest BCUT2D eigenvalue weighted by Crippen LogP contribution is 2.11. The number of hydrogen-bond acceptors (Lipinski definition) is 2. The minimum Gasteiger partial charge on any atom is -0.374 e. The Morgan fingerprint density at radius 2 is 1.74 bits per heavy atom. The van der Waals surface area contributed by atoms with Gasteiger partial charge in [-0.2, -0.15) is 0 Å². The fourth-order valence-corrected chi connectivity index (χ4v) is 2.14. The lowest BCUT2D eigenvalue weighted by Crippen LogP contribution is -2.08. The molecule has 0 amide bonds. The molecule has 1 aromatic carbocycles. The Hall–Kier alpha value is -0.860. The fourth-order valence-electron chi connectivity index (χ4n) is 2.14. The molecular weight excluding hydrogens is 234 g/mol. The van der Waals surface area contributed by atoms with Crippen molar-refractivity contribution in [3.63, 3.8) is 0 Å². The van der Waals surface area contributed by atoms with Gasteiger partial charge in [-0.05, 0) is 31.5 Å². The van der Waals surface area contributed by atoms with E-state index in [-0.39, 0.29) is 0 Å². The highest BCUT2D eigenvalue weighted by Gasteiger charge is 2.02. The predicted molar refractivity (Wildman–Crippen MR) is 82.2 cm³/mol. The van der Waals surface area contributed by atoms with Gasteiger partial charge in [0.1, 0.15) is 0 Å². The lowest BCUT2D eigenvalue weighted by molar-refractivity contribution is 0.0459. The minimum absolute atomic E-state index is 0.369. The molecule has 0 bridgehead atoms. The van der Waals surface area contributed by atoms with Crippen LogP contribution in [-0.4, -0.2) is 13.2 Å². The van der Waals surface area contributed by atoms with Crippen molar-refractivity contribution in [2.24, 2.45) is 0 Å². The van der Waals surface area contributed by atoms with Crippen molar-refractivity contribution in [3.8, 4) is 0 Å². The molecule has 19 heavy (non-hydrogen) atoms. The summed E-state index contributed by atoms with van der Waals surface area (Å²) in [7, 11) is 1.97. The van der Waals surface area contributed by atoms with Crippen LogP contribution in [-0.2, 0) is 17.9 Å². The van der Waals surface area contributed by atoms with Gasteiger partial charge in [0, 0.05) is 6.54 Å². The minimum atomic E-state index is 0.369. The number of nitrogens with one attached hydrogen (secondary N) is 1. The Labute approximate surface area is 118 Å². The van der Waals surface area contributed by atoms with Crippen molar-refractivity contribution in [1.29, 1.82) is 0 Å². The van der Waals surface area contributed by atoms with Crippen molar-refractivity contribution in [2.75, 3.05) is 7.05 Å². The van der Waals surface area contributed by atoms with E-state index in [4.69, 9.17) is 4.74 Å². The molecule has 0 aliphatic heterocycles. The van der Waals surface area contributed by atoms with Crippen molar-refractivity contribution in [3.05, 3.63) is 35.4 Å². The fraction of sp³-hybridized carbons (Fsp3) is 0.647. The van der Waals surface area contributed by atoms with E-state index >= 15 is 0 Å². The summed E-state index contributed by atoms with van der Waals surface area (Å²) >= 11 is 0. The molecule has 0 saturated heterocycles. The Morgan fingerprint density at radius 1 is 1.05 bits per heavy atom. The second-order valence-electron chi connectivity index (χ2n) is 5.32. The average molecular weight is 263 g/mol. The number of rotatable bonds is 10. The molecule has 0 heterocycles. The van der Waals surface area contributed by atoms with E-state index in [0.717, 1.165) is 13.2 Å². The lowest BCUT2D eigenvalue weighted by atomic mass is 10.1. The molecule has 108 valence electrons. The van der Waals surface area contributed by atoms with E-state index in [0.29, 0.717) is 6.10 Å². The zero-order chi connectivity index (χ0) is 13.9. The van der Waals surface area contributed by atoms with E-state index < -0.39 is 0 Å². The van der Waals surface area contributed by atoms with Crippen LogP contribution in [0.4, 0.5) is 0 Å². The number of unbranched alkanes of at least 4 members (excludes halogenated alkanes) is 3. The molecule has 0 fully saturated rings. The van der Waals surface area contributed by atoms with Crippen LogP contribution in [0.15, 0.2) is 24.3 Å². The maximum absolute atomic E-state index is 5.89. The molecule has 1 rings (SSSR count). The van der Waals surface area contributed by atoms with E-state index in [2.05, 4.69) is 43.4 Å². The summed E-state index contributed by atoms with van der Waals surface area (Å²) < 4.78 is 5.89. The normalized spacial score (nSPS) is 12.6. The molecule has 2 heteroatoms. The zero-order valence-electron chi connectivity index (χ0n) is 12.7. The van der Waals surface area contributed by atoms with Gasteiger partial charge in [-0.25, -0.2) is 0 Å². The number of hydrogen-bond donors (Lipinski definition) is 1. The largest absolute Gasteiger partial charge is 0.374 e. The topological polar surface area (TPSA) is 21.3 Å². The van der Waals surface area contributed by atoms with Gasteiger partial charge in [-0.15, -0.1) is 0 Å². The Morgan fingerprint density at radius 3 is 2.37 bits per heavy atom. The van der Waals surface area contributed by atoms with Gasteiger partial charge in [0.05, 0.1) is 12.7 Å². The Bertz CT molecular complexity index is 321. The highest BCUT2D eigenvalue weighted by molar-refractivity contribution is 5.21. The molecule has 0 aliphatic rings. The van der Waals surface area contributed by atoms with Gasteiger partial charge in [-0.3, -0.25) is 0 Å². The monoisotopic (exact) mass is 263 g/mol. The van der Waals surface area contributed by atoms with Gasteiger partial charge in [-0.1, -0.05) is 56.9 Å². The summed E-state index contributed by atoms with van der Waals surface area (Å²) in [5, 5.41) is 3.16. The molecule has 0 aliphatic carbocycles. The van der Waals surface area contributed by atoms with Crippen LogP contribution in [0.25, 0.3) is 0 Å². The summed E-state index contributed by atoms with van der Waals surface area (Å²) in [5.41, 5.74) is 2.58. The second-order valence-corrected chi connectivity index (χ2v) is 5.32. The quantitative estimate of drug-likeness (QED) is 0.636. The first-order valence-corrected chi connectivity index (χ1v) is 7.60. The first-order chi connectivity index (χ1) is 9.26. The second kappa shape index (κ2) is 9.99. The van der Waals surface area contributed by atoms with Crippen LogP contribution in [0.1, 0.15) is 57.1 Å². The van der Waals surface area contributed by atoms with Crippen molar-refractivity contribution in [2.45, 2.75) is 65.2 Å². The Balaban J connectivity index is 2.20. The van der Waals surface area contributed by atoms with Crippen LogP contribution in [0.2, 0.25) is 0 Å². The summed E-state index contributed by atoms with van der Waals surface area (Å²) in [4.78, 5) is 0. The summed E-state index contributed by atoms with van der Waals surface area (Å²) in [6.07, 6.45) is 6.82. The summed E-state index contributed by atoms with van der Waals surface area (Å²) in [6.45, 7) is 6.09. The highest BCUT2D eigenvalue weighted by atomic mass is 16.5. The molecule has 1 N–H and O–H groups in total. The van der Waals surface area contributed by atoms with Crippen LogP contribution < -0.4 is 5.32 Å². The third kappa shape index (κ3) is 7.34. The van der Waals surface area contributed by atoms with Gasteiger partial charge in [0.25, 0.3) is 0 Å². The molecule has 1 atom stereocenters. The average Bonchev–Trinajstić information content (AvgIpc) is 2.43. The van der Waals surface area contributed by atoms with Crippen LogP contribution >= 0.6 is 0 Å². The van der Waals surface area contributed by atoms with Crippen molar-refractivity contribution in [1.82, 2.24) is 5.32 Å². The van der Waals surface area contributed by atoms with E-state index in [1.807, 2.05) is 7.05 Å². The lowest BCUT2D eigenvalue weighted by Gasteiger charge is -2.13. The summed E-state index contributed by atoms with van der Waals surface area (Å²) in [5.74, 6) is 0. The molecule has 1 aromatic rings. The van der Waals surface area contributed by atoms with Gasteiger partial charge in [0.2, 0.25) is 0 Å². The van der Waals surface area contributed by atoms with Crippen molar-refractivity contribution < 1.29 is 4.74 Å². The van der Waals surface area contributed by atoms with E-state index in [1.54, 1.807) is 0 Å². The van der Waals surface area contributed by atoms with Crippen LogP contribution in [0.5, 0.6) is 0 Å². The molecule has 0 spiro atoms. The number of ether oxygens (including phenoxy) is 1. The number of benzene rings is 1. The standard InChI is InChI=1S/C17H29NO/c1-4-5-6-7-8-15(2)19-14-17-11-9-16(10-12-17)13-18-3/h9-12,15,18H,4-8,13-14H2,1-3H3. The molecule has 0 radical (unpaired) electrons.